The lowest BCUT2D eigenvalue weighted by atomic mass is 10.1. The summed E-state index contributed by atoms with van der Waals surface area (Å²) in [7, 11) is 0. The van der Waals surface area contributed by atoms with E-state index in [1.54, 1.807) is 17.2 Å². The van der Waals surface area contributed by atoms with E-state index in [4.69, 9.17) is 21.1 Å². The van der Waals surface area contributed by atoms with Crippen LogP contribution in [-0.2, 0) is 22.7 Å². The van der Waals surface area contributed by atoms with Crippen molar-refractivity contribution in [2.24, 2.45) is 22.4 Å². The van der Waals surface area contributed by atoms with Crippen molar-refractivity contribution in [1.29, 1.82) is 0 Å². The molecule has 2 fully saturated rings. The summed E-state index contributed by atoms with van der Waals surface area (Å²) in [5.74, 6) is 1.90. The second kappa shape index (κ2) is 14.2. The normalized spacial score (nSPS) is 19.0. The standard InChI is InChI=1S/C23H26O3.C9H10ClN5O2/c1-16(2)13-20-21(23(20,3)4)22(24)25-15-17-9-8-12-19(14-17)26-18-10-6-5-7-11-18;10-8-2-1-7(5-12-8)6-14-4-3-11-9(14)13-15(16)17/h5-14,20-21H,15H2,1-4H3;1-2,5H,3-4,6H2,(H,11,13). The Morgan fingerprint density at radius 2 is 1.88 bits per heavy atom. The van der Waals surface area contributed by atoms with E-state index in [0.29, 0.717) is 24.8 Å². The van der Waals surface area contributed by atoms with E-state index in [1.807, 2.05) is 60.7 Å². The van der Waals surface area contributed by atoms with Crippen LogP contribution in [0.1, 0.15) is 38.8 Å². The number of aromatic nitrogens is 1. The van der Waals surface area contributed by atoms with Crippen LogP contribution in [0.2, 0.25) is 5.15 Å². The molecule has 11 heteroatoms. The first-order chi connectivity index (χ1) is 20.5. The maximum atomic E-state index is 12.5. The molecule has 0 spiro atoms. The Morgan fingerprint density at radius 3 is 2.56 bits per heavy atom. The van der Waals surface area contributed by atoms with E-state index >= 15 is 0 Å². The Hall–Kier alpha value is -4.44. The van der Waals surface area contributed by atoms with Gasteiger partial charge < -0.3 is 19.7 Å². The smallest absolute Gasteiger partial charge is 0.310 e. The Labute approximate surface area is 256 Å². The molecule has 1 saturated heterocycles. The number of nitrogens with zero attached hydrogens (tertiary/aromatic N) is 4. The van der Waals surface area contributed by atoms with Crippen LogP contribution in [0.4, 0.5) is 0 Å². The van der Waals surface area contributed by atoms with Crippen molar-refractivity contribution in [3.05, 3.63) is 111 Å². The molecule has 3 aromatic rings. The molecule has 226 valence electrons. The van der Waals surface area contributed by atoms with Crippen LogP contribution in [0.3, 0.4) is 0 Å². The van der Waals surface area contributed by atoms with Gasteiger partial charge in [-0.05, 0) is 66.6 Å². The zero-order chi connectivity index (χ0) is 31.0. The minimum absolute atomic E-state index is 0.0212. The van der Waals surface area contributed by atoms with Crippen molar-refractivity contribution >= 4 is 23.5 Å². The van der Waals surface area contributed by atoms with Gasteiger partial charge in [-0.2, -0.15) is 0 Å². The number of carbonyl (C=O) groups excluding carboxylic acids is 1. The summed E-state index contributed by atoms with van der Waals surface area (Å²) in [5, 5.41) is 16.2. The molecule has 5 rings (SSSR count). The molecule has 1 aliphatic carbocycles. The molecule has 1 aliphatic heterocycles. The molecule has 2 heterocycles. The fraction of sp³-hybridized carbons (Fsp3) is 0.344. The molecule has 0 radical (unpaired) electrons. The van der Waals surface area contributed by atoms with E-state index in [0.717, 1.165) is 22.6 Å². The van der Waals surface area contributed by atoms with Gasteiger partial charge in [-0.1, -0.05) is 73.5 Å². The van der Waals surface area contributed by atoms with Crippen molar-refractivity contribution in [1.82, 2.24) is 15.2 Å². The van der Waals surface area contributed by atoms with Gasteiger partial charge in [-0.25, -0.2) is 15.1 Å². The SMILES string of the molecule is CC(C)=CC1C(C(=O)OCc2cccc(Oc3ccccc3)c2)C1(C)C.O=[N+]([O-])/N=C1\NCCN1Cc1ccc(Cl)nc1. The fourth-order valence-corrected chi connectivity index (χ4v) is 5.05. The van der Waals surface area contributed by atoms with Crippen molar-refractivity contribution in [3.8, 4) is 11.5 Å². The molecule has 2 aromatic carbocycles. The molecule has 0 amide bonds. The highest BCUT2D eigenvalue weighted by Gasteiger charge is 2.61. The molecule has 43 heavy (non-hydrogen) atoms. The summed E-state index contributed by atoms with van der Waals surface area (Å²) in [6.07, 6.45) is 3.82. The third kappa shape index (κ3) is 9.02. The quantitative estimate of drug-likeness (QED) is 0.0972. The van der Waals surface area contributed by atoms with E-state index < -0.39 is 5.03 Å². The van der Waals surface area contributed by atoms with Crippen molar-refractivity contribution < 1.29 is 19.3 Å². The summed E-state index contributed by atoms with van der Waals surface area (Å²) in [6.45, 7) is 10.5. The Kier molecular flexibility index (Phi) is 10.4. The zero-order valence-electron chi connectivity index (χ0n) is 24.7. The molecular weight excluding hydrogens is 570 g/mol. The summed E-state index contributed by atoms with van der Waals surface area (Å²) in [6, 6.07) is 20.8. The number of rotatable bonds is 9. The maximum absolute atomic E-state index is 12.5. The average Bonchev–Trinajstić information content (AvgIpc) is 3.24. The van der Waals surface area contributed by atoms with Crippen LogP contribution in [-0.4, -0.2) is 39.9 Å². The van der Waals surface area contributed by atoms with Gasteiger partial charge in [0.1, 0.15) is 28.4 Å². The number of benzene rings is 2. The van der Waals surface area contributed by atoms with E-state index in [2.05, 4.69) is 49.2 Å². The summed E-state index contributed by atoms with van der Waals surface area (Å²) in [5.41, 5.74) is 3.06. The highest BCUT2D eigenvalue weighted by atomic mass is 35.5. The summed E-state index contributed by atoms with van der Waals surface area (Å²) in [4.78, 5) is 28.5. The molecule has 2 atom stereocenters. The number of guanidine groups is 1. The molecule has 2 unspecified atom stereocenters. The molecular formula is C32H36ClN5O5. The summed E-state index contributed by atoms with van der Waals surface area (Å²) >= 11 is 5.68. The van der Waals surface area contributed by atoms with E-state index in [9.17, 15) is 14.9 Å². The molecule has 1 saturated carbocycles. The molecule has 1 N–H and O–H groups in total. The summed E-state index contributed by atoms with van der Waals surface area (Å²) < 4.78 is 11.4. The Bertz CT molecular complexity index is 1470. The maximum Gasteiger partial charge on any atom is 0.310 e. The van der Waals surface area contributed by atoms with Gasteiger partial charge in [-0.15, -0.1) is 0 Å². The van der Waals surface area contributed by atoms with Crippen molar-refractivity contribution in [2.45, 2.75) is 40.8 Å². The van der Waals surface area contributed by atoms with Crippen LogP contribution in [0, 0.1) is 27.4 Å². The van der Waals surface area contributed by atoms with Gasteiger partial charge in [0, 0.05) is 25.8 Å². The highest BCUT2D eigenvalue weighted by Crippen LogP contribution is 2.59. The lowest BCUT2D eigenvalue weighted by molar-refractivity contribution is -0.485. The van der Waals surface area contributed by atoms with E-state index in [1.165, 1.54) is 5.57 Å². The first-order valence-electron chi connectivity index (χ1n) is 14.0. The lowest BCUT2D eigenvalue weighted by Crippen LogP contribution is -2.30. The number of nitrogens with one attached hydrogen (secondary N) is 1. The molecule has 1 aromatic heterocycles. The first-order valence-corrected chi connectivity index (χ1v) is 14.4. The highest BCUT2D eigenvalue weighted by molar-refractivity contribution is 6.29. The number of esters is 1. The number of pyridine rings is 1. The minimum Gasteiger partial charge on any atom is -0.461 e. The zero-order valence-corrected chi connectivity index (χ0v) is 25.5. The number of nitro groups is 1. The Balaban J connectivity index is 0.000000215. The van der Waals surface area contributed by atoms with Crippen LogP contribution in [0.5, 0.6) is 11.5 Å². The van der Waals surface area contributed by atoms with Gasteiger partial charge in [0.25, 0.3) is 5.96 Å². The number of hydrogen-bond donors (Lipinski definition) is 1. The predicted molar refractivity (Wildman–Crippen MR) is 165 cm³/mol. The van der Waals surface area contributed by atoms with Crippen LogP contribution < -0.4 is 10.1 Å². The number of para-hydroxylation sites is 1. The van der Waals surface area contributed by atoms with Crippen LogP contribution in [0.15, 0.2) is 89.7 Å². The Morgan fingerprint density at radius 1 is 1.14 bits per heavy atom. The van der Waals surface area contributed by atoms with Crippen molar-refractivity contribution in [3.63, 3.8) is 0 Å². The van der Waals surface area contributed by atoms with Crippen LogP contribution >= 0.6 is 11.6 Å². The number of allylic oxidation sites excluding steroid dienone is 2. The van der Waals surface area contributed by atoms with Gasteiger partial charge in [-0.3, -0.25) is 4.79 Å². The average molecular weight is 606 g/mol. The minimum atomic E-state index is -0.708. The van der Waals surface area contributed by atoms with Gasteiger partial charge in [0.2, 0.25) is 0 Å². The first kappa shape index (κ1) is 31.5. The van der Waals surface area contributed by atoms with Crippen molar-refractivity contribution in [2.75, 3.05) is 13.1 Å². The van der Waals surface area contributed by atoms with Gasteiger partial charge in [0.05, 0.1) is 5.92 Å². The number of hydrogen-bond acceptors (Lipinski definition) is 6. The second-order valence-corrected chi connectivity index (χ2v) is 11.6. The number of halogens is 1. The third-order valence-electron chi connectivity index (χ3n) is 7.24. The van der Waals surface area contributed by atoms with Gasteiger partial charge >= 0.3 is 5.97 Å². The molecule has 0 bridgehead atoms. The van der Waals surface area contributed by atoms with E-state index in [-0.39, 0.29) is 35.8 Å². The fourth-order valence-electron chi connectivity index (χ4n) is 4.94. The number of carbonyl (C=O) groups is 1. The number of ether oxygens (including phenoxy) is 2. The monoisotopic (exact) mass is 605 g/mol. The lowest BCUT2D eigenvalue weighted by Gasteiger charge is -2.14. The largest absolute Gasteiger partial charge is 0.461 e. The second-order valence-electron chi connectivity index (χ2n) is 11.2. The predicted octanol–water partition coefficient (Wildman–Crippen LogP) is 6.45. The van der Waals surface area contributed by atoms with Crippen LogP contribution in [0.25, 0.3) is 0 Å². The third-order valence-corrected chi connectivity index (χ3v) is 7.46. The number of hydrazone groups is 1. The molecule has 2 aliphatic rings. The topological polar surface area (TPSA) is 119 Å². The molecule has 10 nitrogen and oxygen atoms in total. The van der Waals surface area contributed by atoms with Gasteiger partial charge in [0.15, 0.2) is 5.03 Å².